The van der Waals surface area contributed by atoms with Crippen molar-refractivity contribution in [2.24, 2.45) is 11.8 Å². The van der Waals surface area contributed by atoms with Crippen LogP contribution in [0.2, 0.25) is 0 Å². The van der Waals surface area contributed by atoms with Crippen molar-refractivity contribution < 1.29 is 0 Å². The highest BCUT2D eigenvalue weighted by atomic mass is 79.9. The van der Waals surface area contributed by atoms with Gasteiger partial charge in [0, 0.05) is 23.6 Å². The minimum atomic E-state index is 0.589. The molecule has 0 aliphatic heterocycles. The Morgan fingerprint density at radius 3 is 3.07 bits per heavy atom. The fourth-order valence-corrected chi connectivity index (χ4v) is 3.55. The van der Waals surface area contributed by atoms with Gasteiger partial charge in [-0.2, -0.15) is 0 Å². The highest BCUT2D eigenvalue weighted by Gasteiger charge is 2.29. The molecule has 0 aromatic carbocycles. The second-order valence-corrected chi connectivity index (χ2v) is 5.50. The Labute approximate surface area is 93.6 Å². The molecule has 0 saturated heterocycles. The van der Waals surface area contributed by atoms with Crippen molar-refractivity contribution in [2.45, 2.75) is 37.4 Å². The van der Waals surface area contributed by atoms with Crippen molar-refractivity contribution in [1.29, 1.82) is 0 Å². The molecule has 1 aromatic rings. The highest BCUT2D eigenvalue weighted by molar-refractivity contribution is 9.09. The zero-order valence-corrected chi connectivity index (χ0v) is 10.1. The second kappa shape index (κ2) is 4.47. The molecular formula is C11H17BrN2. The molecule has 2 rings (SSSR count). The summed E-state index contributed by atoms with van der Waals surface area (Å²) in [5.74, 6) is 2.81. The zero-order valence-electron chi connectivity index (χ0n) is 8.54. The Kier molecular flexibility index (Phi) is 3.26. The topological polar surface area (TPSA) is 28.7 Å². The Morgan fingerprint density at radius 1 is 1.64 bits per heavy atom. The van der Waals surface area contributed by atoms with Gasteiger partial charge in [0.1, 0.15) is 5.82 Å². The summed E-state index contributed by atoms with van der Waals surface area (Å²) >= 11 is 3.81. The first-order chi connectivity index (χ1) is 6.77. The fraction of sp³-hybridized carbons (Fsp3) is 0.727. The molecule has 1 aliphatic rings. The van der Waals surface area contributed by atoms with Crippen LogP contribution in [0, 0.1) is 11.8 Å². The maximum Gasteiger partial charge on any atom is 0.107 e. The van der Waals surface area contributed by atoms with Crippen LogP contribution in [0.1, 0.15) is 32.0 Å². The van der Waals surface area contributed by atoms with Gasteiger partial charge in [0.25, 0.3) is 0 Å². The minimum Gasteiger partial charge on any atom is -0.349 e. The van der Waals surface area contributed by atoms with Gasteiger partial charge in [-0.05, 0) is 18.3 Å². The largest absolute Gasteiger partial charge is 0.349 e. The first kappa shape index (κ1) is 10.2. The zero-order chi connectivity index (χ0) is 9.97. The lowest BCUT2D eigenvalue weighted by atomic mass is 9.93. The molecule has 1 fully saturated rings. The molecule has 0 bridgehead atoms. The van der Waals surface area contributed by atoms with E-state index in [9.17, 15) is 0 Å². The molecule has 3 atom stereocenters. The molecule has 1 heterocycles. The maximum atomic E-state index is 4.27. The standard InChI is InChI=1S/C11H17BrN2/c1-8-3-2-4-9(8)10(12)7-11-13-5-6-14-11/h5-6,8-10H,2-4,7H2,1H3,(H,13,14). The lowest BCUT2D eigenvalue weighted by Gasteiger charge is -2.20. The van der Waals surface area contributed by atoms with E-state index in [1.54, 1.807) is 0 Å². The van der Waals surface area contributed by atoms with Crippen molar-refractivity contribution in [3.05, 3.63) is 18.2 Å². The number of rotatable bonds is 3. The third kappa shape index (κ3) is 2.19. The number of H-pyrrole nitrogens is 1. The molecule has 1 saturated carbocycles. The lowest BCUT2D eigenvalue weighted by molar-refractivity contribution is 0.404. The van der Waals surface area contributed by atoms with E-state index in [0.717, 1.165) is 24.1 Å². The van der Waals surface area contributed by atoms with Crippen LogP contribution < -0.4 is 0 Å². The predicted octanol–water partition coefficient (Wildman–Crippen LogP) is 3.15. The van der Waals surface area contributed by atoms with Crippen LogP contribution in [0.4, 0.5) is 0 Å². The van der Waals surface area contributed by atoms with E-state index in [4.69, 9.17) is 0 Å². The average Bonchev–Trinajstić information content (AvgIpc) is 2.75. The van der Waals surface area contributed by atoms with Gasteiger partial charge in [0.05, 0.1) is 0 Å². The number of alkyl halides is 1. The van der Waals surface area contributed by atoms with Crippen LogP contribution in [0.3, 0.4) is 0 Å². The molecule has 1 N–H and O–H groups in total. The molecule has 2 nitrogen and oxygen atoms in total. The number of imidazole rings is 1. The normalized spacial score (nSPS) is 29.3. The van der Waals surface area contributed by atoms with Gasteiger partial charge in [-0.15, -0.1) is 0 Å². The Morgan fingerprint density at radius 2 is 2.50 bits per heavy atom. The SMILES string of the molecule is CC1CCCC1C(Br)Cc1ncc[nH]1. The molecule has 3 heteroatoms. The predicted molar refractivity (Wildman–Crippen MR) is 61.5 cm³/mol. The molecule has 0 spiro atoms. The first-order valence-electron chi connectivity index (χ1n) is 5.39. The van der Waals surface area contributed by atoms with Crippen LogP contribution in [-0.2, 0) is 6.42 Å². The summed E-state index contributed by atoms with van der Waals surface area (Å²) in [6.07, 6.45) is 8.91. The van der Waals surface area contributed by atoms with Crippen molar-refractivity contribution in [3.63, 3.8) is 0 Å². The molecule has 3 unspecified atom stereocenters. The molecule has 14 heavy (non-hydrogen) atoms. The van der Waals surface area contributed by atoms with Crippen molar-refractivity contribution in [3.8, 4) is 0 Å². The molecule has 78 valence electrons. The van der Waals surface area contributed by atoms with Crippen molar-refractivity contribution in [2.75, 3.05) is 0 Å². The van der Waals surface area contributed by atoms with Crippen molar-refractivity contribution in [1.82, 2.24) is 9.97 Å². The van der Waals surface area contributed by atoms with Gasteiger partial charge < -0.3 is 4.98 Å². The van der Waals surface area contributed by atoms with E-state index in [1.807, 2.05) is 12.4 Å². The highest BCUT2D eigenvalue weighted by Crippen LogP contribution is 2.37. The summed E-state index contributed by atoms with van der Waals surface area (Å²) in [5, 5.41) is 0. The fourth-order valence-electron chi connectivity index (χ4n) is 2.46. The van der Waals surface area contributed by atoms with E-state index in [2.05, 4.69) is 32.8 Å². The quantitative estimate of drug-likeness (QED) is 0.828. The van der Waals surface area contributed by atoms with Crippen LogP contribution in [0.15, 0.2) is 12.4 Å². The molecule has 1 aliphatic carbocycles. The number of halogens is 1. The smallest absolute Gasteiger partial charge is 0.107 e. The summed E-state index contributed by atoms with van der Waals surface area (Å²) in [6, 6.07) is 0. The first-order valence-corrected chi connectivity index (χ1v) is 6.31. The average molecular weight is 257 g/mol. The van der Waals surface area contributed by atoms with Crippen LogP contribution >= 0.6 is 15.9 Å². The van der Waals surface area contributed by atoms with E-state index in [1.165, 1.54) is 19.3 Å². The van der Waals surface area contributed by atoms with Gasteiger partial charge in [-0.3, -0.25) is 0 Å². The number of aromatic nitrogens is 2. The summed E-state index contributed by atoms with van der Waals surface area (Å²) in [4.78, 5) is 8.02. The van der Waals surface area contributed by atoms with E-state index in [0.29, 0.717) is 4.83 Å². The van der Waals surface area contributed by atoms with Crippen LogP contribution in [0.5, 0.6) is 0 Å². The van der Waals surface area contributed by atoms with Gasteiger partial charge in [0.2, 0.25) is 0 Å². The number of nitrogens with zero attached hydrogens (tertiary/aromatic N) is 1. The maximum absolute atomic E-state index is 4.27. The molecular weight excluding hydrogens is 240 g/mol. The van der Waals surface area contributed by atoms with Gasteiger partial charge >= 0.3 is 0 Å². The van der Waals surface area contributed by atoms with Gasteiger partial charge in [-0.25, -0.2) is 4.98 Å². The lowest BCUT2D eigenvalue weighted by Crippen LogP contribution is -2.19. The minimum absolute atomic E-state index is 0.589. The molecule has 0 amide bonds. The summed E-state index contributed by atoms with van der Waals surface area (Å²) in [6.45, 7) is 2.37. The van der Waals surface area contributed by atoms with Crippen LogP contribution in [0.25, 0.3) is 0 Å². The summed E-state index contributed by atoms with van der Waals surface area (Å²) in [7, 11) is 0. The van der Waals surface area contributed by atoms with Gasteiger partial charge in [0.15, 0.2) is 0 Å². The summed E-state index contributed by atoms with van der Waals surface area (Å²) < 4.78 is 0. The number of hydrogen-bond donors (Lipinski definition) is 1. The molecule has 0 radical (unpaired) electrons. The van der Waals surface area contributed by atoms with Gasteiger partial charge in [-0.1, -0.05) is 35.7 Å². The second-order valence-electron chi connectivity index (χ2n) is 4.33. The third-order valence-corrected chi connectivity index (χ3v) is 4.34. The molecule has 1 aromatic heterocycles. The third-order valence-electron chi connectivity index (χ3n) is 3.34. The van der Waals surface area contributed by atoms with Crippen molar-refractivity contribution >= 4 is 15.9 Å². The monoisotopic (exact) mass is 256 g/mol. The summed E-state index contributed by atoms with van der Waals surface area (Å²) in [5.41, 5.74) is 0. The number of nitrogens with one attached hydrogen (secondary N) is 1. The Balaban J connectivity index is 1.92. The van der Waals surface area contributed by atoms with E-state index >= 15 is 0 Å². The van der Waals surface area contributed by atoms with E-state index < -0.39 is 0 Å². The number of hydrogen-bond acceptors (Lipinski definition) is 1. The van der Waals surface area contributed by atoms with Crippen LogP contribution in [-0.4, -0.2) is 14.8 Å². The Hall–Kier alpha value is -0.310. The van der Waals surface area contributed by atoms with E-state index in [-0.39, 0.29) is 0 Å². The Bertz CT molecular complexity index is 271. The number of aromatic amines is 1.